The SMILES string of the molecule is CCCCN(CC)CCCNC(=O)c1cn(C2CCCC2)c(=O)c2c1c1ccccc1n2C. The van der Waals surface area contributed by atoms with E-state index in [1.807, 2.05) is 46.6 Å². The predicted octanol–water partition coefficient (Wildman–Crippen LogP) is 4.85. The van der Waals surface area contributed by atoms with Crippen molar-refractivity contribution >= 4 is 27.7 Å². The van der Waals surface area contributed by atoms with Crippen molar-refractivity contribution in [2.24, 2.45) is 7.05 Å². The summed E-state index contributed by atoms with van der Waals surface area (Å²) in [7, 11) is 1.93. The van der Waals surface area contributed by atoms with Gasteiger partial charge in [-0.25, -0.2) is 0 Å². The monoisotopic (exact) mass is 450 g/mol. The molecule has 1 aliphatic rings. The van der Waals surface area contributed by atoms with Crippen LogP contribution in [0.5, 0.6) is 0 Å². The fourth-order valence-electron chi connectivity index (χ4n) is 5.34. The lowest BCUT2D eigenvalue weighted by molar-refractivity contribution is 0.0952. The van der Waals surface area contributed by atoms with Gasteiger partial charge in [0.1, 0.15) is 5.52 Å². The molecule has 1 aromatic carbocycles. The summed E-state index contributed by atoms with van der Waals surface area (Å²) in [6.07, 6.45) is 9.44. The van der Waals surface area contributed by atoms with Gasteiger partial charge in [0.15, 0.2) is 0 Å². The van der Waals surface area contributed by atoms with Gasteiger partial charge in [0, 0.05) is 42.1 Å². The van der Waals surface area contributed by atoms with Gasteiger partial charge in [-0.1, -0.05) is 51.3 Å². The quantitative estimate of drug-likeness (QED) is 0.449. The number of nitrogens with zero attached hydrogens (tertiary/aromatic N) is 3. The third-order valence-electron chi connectivity index (χ3n) is 7.26. The molecule has 0 spiro atoms. The molecule has 4 rings (SSSR count). The highest BCUT2D eigenvalue weighted by molar-refractivity contribution is 6.17. The van der Waals surface area contributed by atoms with E-state index in [-0.39, 0.29) is 17.5 Å². The van der Waals surface area contributed by atoms with E-state index in [2.05, 4.69) is 24.1 Å². The zero-order chi connectivity index (χ0) is 23.4. The summed E-state index contributed by atoms with van der Waals surface area (Å²) in [5.74, 6) is -0.0836. The number of benzene rings is 1. The number of fused-ring (bicyclic) bond motifs is 3. The molecule has 6 heteroatoms. The number of carbonyl (C=O) groups is 1. The van der Waals surface area contributed by atoms with Crippen molar-refractivity contribution in [3.05, 3.63) is 46.4 Å². The maximum Gasteiger partial charge on any atom is 0.275 e. The van der Waals surface area contributed by atoms with E-state index in [1.54, 1.807) is 0 Å². The first-order valence-corrected chi connectivity index (χ1v) is 12.7. The van der Waals surface area contributed by atoms with Crippen molar-refractivity contribution in [1.82, 2.24) is 19.4 Å². The Balaban J connectivity index is 1.64. The predicted molar refractivity (Wildman–Crippen MR) is 136 cm³/mol. The Kier molecular flexibility index (Phi) is 7.53. The van der Waals surface area contributed by atoms with Crippen molar-refractivity contribution in [3.8, 4) is 0 Å². The second kappa shape index (κ2) is 10.6. The molecule has 0 saturated heterocycles. The fraction of sp³-hybridized carbons (Fsp3) is 0.556. The third-order valence-corrected chi connectivity index (χ3v) is 7.26. The lowest BCUT2D eigenvalue weighted by Crippen LogP contribution is -2.32. The van der Waals surface area contributed by atoms with Crippen LogP contribution < -0.4 is 10.9 Å². The van der Waals surface area contributed by atoms with Crippen LogP contribution in [0.25, 0.3) is 21.8 Å². The standard InChI is InChI=1S/C27H38N4O2/c1-4-6-17-30(5-2)18-11-16-28-26(32)22-19-31(20-12-7-8-13-20)27(33)25-24(22)21-14-9-10-15-23(21)29(25)3/h9-10,14-15,19-20H,4-8,11-13,16-18H2,1-3H3,(H,28,32). The molecule has 0 unspecified atom stereocenters. The molecule has 2 heterocycles. The molecule has 1 aliphatic carbocycles. The molecular formula is C27H38N4O2. The van der Waals surface area contributed by atoms with Crippen LogP contribution in [-0.4, -0.2) is 46.1 Å². The number of amides is 1. The normalized spacial score (nSPS) is 14.7. The first kappa shape index (κ1) is 23.6. The van der Waals surface area contributed by atoms with Crippen LogP contribution in [0.4, 0.5) is 0 Å². The Morgan fingerprint density at radius 1 is 1.12 bits per heavy atom. The number of hydrogen-bond acceptors (Lipinski definition) is 3. The zero-order valence-corrected chi connectivity index (χ0v) is 20.4. The van der Waals surface area contributed by atoms with Crippen LogP contribution in [0.15, 0.2) is 35.3 Å². The average molecular weight is 451 g/mol. The van der Waals surface area contributed by atoms with Crippen LogP contribution in [-0.2, 0) is 7.05 Å². The summed E-state index contributed by atoms with van der Waals surface area (Å²) in [6, 6.07) is 8.17. The number of carbonyl (C=O) groups excluding carboxylic acids is 1. The maximum absolute atomic E-state index is 13.5. The first-order chi connectivity index (χ1) is 16.1. The molecule has 3 aromatic rings. The maximum atomic E-state index is 13.5. The molecule has 0 bridgehead atoms. The van der Waals surface area contributed by atoms with Crippen LogP contribution in [0, 0.1) is 0 Å². The summed E-state index contributed by atoms with van der Waals surface area (Å²) >= 11 is 0. The van der Waals surface area contributed by atoms with Gasteiger partial charge in [-0.3, -0.25) is 9.59 Å². The van der Waals surface area contributed by atoms with Crippen molar-refractivity contribution in [2.45, 2.75) is 64.8 Å². The van der Waals surface area contributed by atoms with E-state index in [0.717, 1.165) is 68.0 Å². The molecule has 0 radical (unpaired) electrons. The topological polar surface area (TPSA) is 59.3 Å². The first-order valence-electron chi connectivity index (χ1n) is 12.7. The van der Waals surface area contributed by atoms with Gasteiger partial charge in [0.25, 0.3) is 11.5 Å². The number of nitrogens with one attached hydrogen (secondary N) is 1. The number of unbranched alkanes of at least 4 members (excludes halogenated alkanes) is 1. The largest absolute Gasteiger partial charge is 0.352 e. The summed E-state index contributed by atoms with van der Waals surface area (Å²) in [5.41, 5.74) is 2.25. The highest BCUT2D eigenvalue weighted by Crippen LogP contribution is 2.33. The molecule has 33 heavy (non-hydrogen) atoms. The second-order valence-electron chi connectivity index (χ2n) is 9.39. The Labute approximate surface area is 196 Å². The van der Waals surface area contributed by atoms with Crippen molar-refractivity contribution in [2.75, 3.05) is 26.2 Å². The van der Waals surface area contributed by atoms with Gasteiger partial charge < -0.3 is 19.4 Å². The van der Waals surface area contributed by atoms with Crippen molar-refractivity contribution < 1.29 is 4.79 Å². The van der Waals surface area contributed by atoms with E-state index in [4.69, 9.17) is 0 Å². The smallest absolute Gasteiger partial charge is 0.275 e. The van der Waals surface area contributed by atoms with E-state index in [0.29, 0.717) is 17.6 Å². The van der Waals surface area contributed by atoms with E-state index < -0.39 is 0 Å². The van der Waals surface area contributed by atoms with Crippen LogP contribution >= 0.6 is 0 Å². The molecule has 1 amide bonds. The molecule has 6 nitrogen and oxygen atoms in total. The van der Waals surface area contributed by atoms with Gasteiger partial charge in [0.2, 0.25) is 0 Å². The van der Waals surface area contributed by atoms with Gasteiger partial charge in [-0.15, -0.1) is 0 Å². The van der Waals surface area contributed by atoms with Crippen LogP contribution in [0.1, 0.15) is 75.2 Å². The molecule has 1 N–H and O–H groups in total. The zero-order valence-electron chi connectivity index (χ0n) is 20.4. The van der Waals surface area contributed by atoms with E-state index in [9.17, 15) is 9.59 Å². The third kappa shape index (κ3) is 4.72. The molecule has 1 fully saturated rings. The summed E-state index contributed by atoms with van der Waals surface area (Å²) in [6.45, 7) is 8.18. The van der Waals surface area contributed by atoms with E-state index in [1.165, 1.54) is 12.8 Å². The van der Waals surface area contributed by atoms with E-state index >= 15 is 0 Å². The number of hydrogen-bond donors (Lipinski definition) is 1. The van der Waals surface area contributed by atoms with Gasteiger partial charge in [-0.05, 0) is 51.4 Å². The van der Waals surface area contributed by atoms with Crippen molar-refractivity contribution in [3.63, 3.8) is 0 Å². The minimum atomic E-state index is -0.0836. The molecular weight excluding hydrogens is 412 g/mol. The Hall–Kier alpha value is -2.60. The van der Waals surface area contributed by atoms with Gasteiger partial charge in [0.05, 0.1) is 5.56 Å². The summed E-state index contributed by atoms with van der Waals surface area (Å²) in [4.78, 5) is 29.4. The Morgan fingerprint density at radius 2 is 1.85 bits per heavy atom. The molecule has 2 aromatic heterocycles. The number of aryl methyl sites for hydroxylation is 1. The summed E-state index contributed by atoms with van der Waals surface area (Å²) in [5, 5.41) is 4.89. The Bertz CT molecular complexity index is 1170. The second-order valence-corrected chi connectivity index (χ2v) is 9.39. The average Bonchev–Trinajstić information content (AvgIpc) is 3.46. The number of rotatable bonds is 10. The molecule has 0 atom stereocenters. The van der Waals surface area contributed by atoms with Crippen molar-refractivity contribution in [1.29, 1.82) is 0 Å². The Morgan fingerprint density at radius 3 is 2.58 bits per heavy atom. The fourth-order valence-corrected chi connectivity index (χ4v) is 5.34. The number of pyridine rings is 1. The minimum Gasteiger partial charge on any atom is -0.352 e. The number of para-hydroxylation sites is 1. The van der Waals surface area contributed by atoms with Crippen LogP contribution in [0.3, 0.4) is 0 Å². The highest BCUT2D eigenvalue weighted by atomic mass is 16.2. The molecule has 1 saturated carbocycles. The lowest BCUT2D eigenvalue weighted by atomic mass is 10.1. The summed E-state index contributed by atoms with van der Waals surface area (Å²) < 4.78 is 3.80. The lowest BCUT2D eigenvalue weighted by Gasteiger charge is -2.20. The number of aromatic nitrogens is 2. The van der Waals surface area contributed by atoms with Gasteiger partial charge >= 0.3 is 0 Å². The molecule has 0 aliphatic heterocycles. The van der Waals surface area contributed by atoms with Gasteiger partial charge in [-0.2, -0.15) is 0 Å². The molecule has 178 valence electrons. The minimum absolute atomic E-state index is 0.0154. The highest BCUT2D eigenvalue weighted by Gasteiger charge is 2.25. The van der Waals surface area contributed by atoms with Crippen LogP contribution in [0.2, 0.25) is 0 Å².